The first kappa shape index (κ1) is 21.6. The van der Waals surface area contributed by atoms with E-state index in [-0.39, 0.29) is 21.2 Å². The molecule has 13 heteroatoms. The lowest BCUT2D eigenvalue weighted by Crippen LogP contribution is -2.16. The van der Waals surface area contributed by atoms with Gasteiger partial charge in [0.25, 0.3) is 20.0 Å². The van der Waals surface area contributed by atoms with Gasteiger partial charge in [0.2, 0.25) is 0 Å². The van der Waals surface area contributed by atoms with Crippen LogP contribution < -0.4 is 9.44 Å². The first-order valence-corrected chi connectivity index (χ1v) is 11.2. The summed E-state index contributed by atoms with van der Waals surface area (Å²) in [6.45, 7) is 1.56. The SMILES string of the molecule is Cc1ccc(S(=O)(=O)Nc2cccc(C(F)(F)F)c2)cc1NS(=O)(=O)c1cn[nH]c1. The van der Waals surface area contributed by atoms with E-state index in [1.807, 2.05) is 0 Å². The zero-order valence-electron chi connectivity index (χ0n) is 15.2. The first-order chi connectivity index (χ1) is 13.9. The molecular formula is C17H15F3N4O4S2. The van der Waals surface area contributed by atoms with E-state index in [1.165, 1.54) is 18.2 Å². The van der Waals surface area contributed by atoms with Crippen LogP contribution in [0.4, 0.5) is 24.5 Å². The second-order valence-electron chi connectivity index (χ2n) is 6.20. The Kier molecular flexibility index (Phi) is 5.52. The van der Waals surface area contributed by atoms with Crippen LogP contribution in [0.1, 0.15) is 11.1 Å². The van der Waals surface area contributed by atoms with Gasteiger partial charge in [0.15, 0.2) is 0 Å². The fourth-order valence-electron chi connectivity index (χ4n) is 2.44. The van der Waals surface area contributed by atoms with Crippen molar-refractivity contribution in [1.82, 2.24) is 10.2 Å². The standard InChI is InChI=1S/C17H15F3N4O4S2/c1-11-5-6-14(8-16(11)24-30(27,28)15-9-21-22-10-15)29(25,26)23-13-4-2-3-12(7-13)17(18,19)20/h2-10,23-24H,1H3,(H,21,22). The van der Waals surface area contributed by atoms with E-state index in [1.54, 1.807) is 6.92 Å². The number of nitrogens with one attached hydrogen (secondary N) is 3. The van der Waals surface area contributed by atoms with Crippen LogP contribution >= 0.6 is 0 Å². The van der Waals surface area contributed by atoms with Gasteiger partial charge in [0, 0.05) is 11.9 Å². The predicted molar refractivity (Wildman–Crippen MR) is 103 cm³/mol. The van der Waals surface area contributed by atoms with Crippen molar-refractivity contribution in [1.29, 1.82) is 0 Å². The molecule has 3 aromatic rings. The minimum atomic E-state index is -4.64. The molecule has 0 saturated heterocycles. The highest BCUT2D eigenvalue weighted by atomic mass is 32.2. The Morgan fingerprint density at radius 1 is 0.933 bits per heavy atom. The van der Waals surface area contributed by atoms with Gasteiger partial charge in [-0.3, -0.25) is 14.5 Å². The molecule has 0 atom stereocenters. The molecule has 0 radical (unpaired) electrons. The van der Waals surface area contributed by atoms with Gasteiger partial charge in [0.05, 0.1) is 22.3 Å². The van der Waals surface area contributed by atoms with Crippen molar-refractivity contribution < 1.29 is 30.0 Å². The number of nitrogens with zero attached hydrogens (tertiary/aromatic N) is 1. The maximum absolute atomic E-state index is 12.8. The third-order valence-corrected chi connectivity index (χ3v) is 6.70. The van der Waals surface area contributed by atoms with Gasteiger partial charge in [-0.2, -0.15) is 18.3 Å². The Labute approximate surface area is 170 Å². The average Bonchev–Trinajstić information content (AvgIpc) is 3.18. The largest absolute Gasteiger partial charge is 0.416 e. The number of benzene rings is 2. The summed E-state index contributed by atoms with van der Waals surface area (Å²) in [5, 5.41) is 5.91. The highest BCUT2D eigenvalue weighted by Gasteiger charge is 2.30. The van der Waals surface area contributed by atoms with Crippen molar-refractivity contribution in [2.75, 3.05) is 9.44 Å². The molecule has 8 nitrogen and oxygen atoms in total. The minimum absolute atomic E-state index is 0.0110. The van der Waals surface area contributed by atoms with Crippen LogP contribution in [0.25, 0.3) is 0 Å². The van der Waals surface area contributed by atoms with Crippen LogP contribution in [0.5, 0.6) is 0 Å². The topological polar surface area (TPSA) is 121 Å². The van der Waals surface area contributed by atoms with Crippen molar-refractivity contribution in [2.24, 2.45) is 0 Å². The van der Waals surface area contributed by atoms with Crippen LogP contribution in [-0.4, -0.2) is 27.0 Å². The van der Waals surface area contributed by atoms with Crippen molar-refractivity contribution in [3.8, 4) is 0 Å². The zero-order valence-corrected chi connectivity index (χ0v) is 16.9. The smallest absolute Gasteiger partial charge is 0.284 e. The van der Waals surface area contributed by atoms with E-state index >= 15 is 0 Å². The molecule has 3 rings (SSSR count). The number of aromatic amines is 1. The molecule has 0 unspecified atom stereocenters. The van der Waals surface area contributed by atoms with Crippen LogP contribution in [0.2, 0.25) is 0 Å². The van der Waals surface area contributed by atoms with Gasteiger partial charge in [-0.25, -0.2) is 16.8 Å². The lowest BCUT2D eigenvalue weighted by molar-refractivity contribution is -0.137. The Balaban J connectivity index is 1.91. The summed E-state index contributed by atoms with van der Waals surface area (Å²) in [5.41, 5.74) is -0.880. The van der Waals surface area contributed by atoms with Gasteiger partial charge in [-0.05, 0) is 42.8 Å². The molecule has 0 fully saturated rings. The van der Waals surface area contributed by atoms with Crippen LogP contribution in [0.15, 0.2) is 64.6 Å². The van der Waals surface area contributed by atoms with E-state index in [9.17, 15) is 30.0 Å². The Hall–Kier alpha value is -3.06. The monoisotopic (exact) mass is 460 g/mol. The molecule has 1 aromatic heterocycles. The third kappa shape index (κ3) is 4.74. The number of H-pyrrole nitrogens is 1. The molecule has 1 heterocycles. The number of hydrogen-bond donors (Lipinski definition) is 3. The second-order valence-corrected chi connectivity index (χ2v) is 9.57. The number of rotatable bonds is 6. The number of anilines is 2. The third-order valence-electron chi connectivity index (χ3n) is 3.99. The average molecular weight is 460 g/mol. The Morgan fingerprint density at radius 3 is 2.27 bits per heavy atom. The first-order valence-electron chi connectivity index (χ1n) is 8.21. The number of hydrogen-bond acceptors (Lipinski definition) is 5. The fourth-order valence-corrected chi connectivity index (χ4v) is 4.54. The zero-order chi connectivity index (χ0) is 22.2. The van der Waals surface area contributed by atoms with Crippen LogP contribution in [0.3, 0.4) is 0 Å². The summed E-state index contributed by atoms with van der Waals surface area (Å²) >= 11 is 0. The molecule has 160 valence electrons. The number of aryl methyl sites for hydroxylation is 1. The van der Waals surface area contributed by atoms with Crippen LogP contribution in [-0.2, 0) is 26.2 Å². The molecule has 3 N–H and O–H groups in total. The molecule has 2 aromatic carbocycles. The summed E-state index contributed by atoms with van der Waals surface area (Å²) in [6, 6.07) is 7.36. The number of halogens is 3. The maximum atomic E-state index is 12.8. The molecule has 0 bridgehead atoms. The summed E-state index contributed by atoms with van der Waals surface area (Å²) in [7, 11) is -8.31. The molecule has 0 spiro atoms. The summed E-state index contributed by atoms with van der Waals surface area (Å²) in [5.74, 6) is 0. The summed E-state index contributed by atoms with van der Waals surface area (Å²) in [6.07, 6.45) is -2.41. The van der Waals surface area contributed by atoms with Crippen LogP contribution in [0, 0.1) is 6.92 Å². The summed E-state index contributed by atoms with van der Waals surface area (Å²) in [4.78, 5) is -0.493. The summed E-state index contributed by atoms with van der Waals surface area (Å²) < 4.78 is 92.9. The van der Waals surface area contributed by atoms with E-state index in [0.717, 1.165) is 30.6 Å². The fraction of sp³-hybridized carbons (Fsp3) is 0.118. The molecule has 0 aliphatic carbocycles. The normalized spacial score (nSPS) is 12.5. The number of aromatic nitrogens is 2. The van der Waals surface area contributed by atoms with Crippen molar-refractivity contribution in [2.45, 2.75) is 22.9 Å². The highest BCUT2D eigenvalue weighted by molar-refractivity contribution is 7.93. The quantitative estimate of drug-likeness (QED) is 0.521. The molecule has 0 saturated carbocycles. The van der Waals surface area contributed by atoms with Gasteiger partial charge in [-0.15, -0.1) is 0 Å². The number of sulfonamides is 2. The van der Waals surface area contributed by atoms with Gasteiger partial charge in [0.1, 0.15) is 4.90 Å². The highest BCUT2D eigenvalue weighted by Crippen LogP contribution is 2.31. The molecular weight excluding hydrogens is 445 g/mol. The lowest BCUT2D eigenvalue weighted by Gasteiger charge is -2.14. The van der Waals surface area contributed by atoms with Gasteiger partial charge in [-0.1, -0.05) is 12.1 Å². The van der Waals surface area contributed by atoms with E-state index in [2.05, 4.69) is 19.6 Å². The van der Waals surface area contributed by atoms with E-state index in [4.69, 9.17) is 0 Å². The minimum Gasteiger partial charge on any atom is -0.284 e. The van der Waals surface area contributed by atoms with Crippen molar-refractivity contribution in [3.05, 3.63) is 66.0 Å². The molecule has 30 heavy (non-hydrogen) atoms. The number of alkyl halides is 3. The predicted octanol–water partition coefficient (Wildman–Crippen LogP) is 3.34. The maximum Gasteiger partial charge on any atom is 0.416 e. The Bertz CT molecular complexity index is 1270. The molecule has 0 amide bonds. The Morgan fingerprint density at radius 2 is 1.63 bits per heavy atom. The van der Waals surface area contributed by atoms with E-state index in [0.29, 0.717) is 11.6 Å². The van der Waals surface area contributed by atoms with Crippen molar-refractivity contribution >= 4 is 31.4 Å². The second kappa shape index (κ2) is 7.65. The van der Waals surface area contributed by atoms with Crippen molar-refractivity contribution in [3.63, 3.8) is 0 Å². The van der Waals surface area contributed by atoms with Gasteiger partial charge >= 0.3 is 6.18 Å². The lowest BCUT2D eigenvalue weighted by atomic mass is 10.2. The van der Waals surface area contributed by atoms with Gasteiger partial charge < -0.3 is 0 Å². The molecule has 0 aliphatic rings. The van der Waals surface area contributed by atoms with E-state index < -0.39 is 31.8 Å². The molecule has 0 aliphatic heterocycles.